The van der Waals surface area contributed by atoms with Gasteiger partial charge in [0.2, 0.25) is 5.91 Å². The first-order valence-electron chi connectivity index (χ1n) is 8.31. The summed E-state index contributed by atoms with van der Waals surface area (Å²) in [5, 5.41) is 0. The van der Waals surface area contributed by atoms with E-state index in [1.165, 1.54) is 19.2 Å². The van der Waals surface area contributed by atoms with Crippen molar-refractivity contribution in [3.63, 3.8) is 0 Å². The second-order valence-corrected chi connectivity index (χ2v) is 8.79. The van der Waals surface area contributed by atoms with Gasteiger partial charge in [-0.2, -0.15) is 0 Å². The van der Waals surface area contributed by atoms with Gasteiger partial charge >= 0.3 is 0 Å². The van der Waals surface area contributed by atoms with Gasteiger partial charge in [0, 0.05) is 13.0 Å². The standard InChI is InChI=1S/C17H18N2O5S/c1-19-16(21)13-5-4-12(8-14(13)17(19)22)25(23,24)18-15(20)10-3-2-9-6-11(9)7-10/h4-5,8-11H,2-3,6-7H2,1H3,(H,18,20). The average molecular weight is 362 g/mol. The van der Waals surface area contributed by atoms with E-state index in [0.29, 0.717) is 12.3 Å². The third kappa shape index (κ3) is 2.64. The first-order valence-corrected chi connectivity index (χ1v) is 9.79. The maximum absolute atomic E-state index is 12.5. The lowest BCUT2D eigenvalue weighted by molar-refractivity contribution is -0.124. The van der Waals surface area contributed by atoms with Crippen LogP contribution in [0.4, 0.5) is 0 Å². The van der Waals surface area contributed by atoms with E-state index in [0.717, 1.165) is 36.1 Å². The van der Waals surface area contributed by atoms with Crippen molar-refractivity contribution < 1.29 is 22.8 Å². The Bertz CT molecular complexity index is 908. The van der Waals surface area contributed by atoms with Gasteiger partial charge in [0.05, 0.1) is 16.0 Å². The van der Waals surface area contributed by atoms with Crippen LogP contribution in [0.25, 0.3) is 0 Å². The third-order valence-corrected chi connectivity index (χ3v) is 6.86. The lowest BCUT2D eigenvalue weighted by Crippen LogP contribution is -2.36. The average Bonchev–Trinajstić information content (AvgIpc) is 3.33. The van der Waals surface area contributed by atoms with Gasteiger partial charge in [-0.05, 0) is 55.7 Å². The number of nitrogens with zero attached hydrogens (tertiary/aromatic N) is 1. The minimum absolute atomic E-state index is 0.0429. The molecule has 1 heterocycles. The van der Waals surface area contributed by atoms with Crippen molar-refractivity contribution in [2.24, 2.45) is 17.8 Å². The lowest BCUT2D eigenvalue weighted by Gasteiger charge is -2.20. The molecule has 3 atom stereocenters. The van der Waals surface area contributed by atoms with Crippen LogP contribution in [0, 0.1) is 17.8 Å². The first-order chi connectivity index (χ1) is 11.8. The van der Waals surface area contributed by atoms with Crippen LogP contribution in [0.3, 0.4) is 0 Å². The summed E-state index contributed by atoms with van der Waals surface area (Å²) in [5.74, 6) is -0.485. The van der Waals surface area contributed by atoms with Crippen molar-refractivity contribution >= 4 is 27.7 Å². The summed E-state index contributed by atoms with van der Waals surface area (Å²) >= 11 is 0. The Morgan fingerprint density at radius 2 is 1.80 bits per heavy atom. The van der Waals surface area contributed by atoms with Gasteiger partial charge in [-0.1, -0.05) is 0 Å². The van der Waals surface area contributed by atoms with Gasteiger partial charge in [-0.25, -0.2) is 13.1 Å². The molecule has 1 aromatic carbocycles. The number of rotatable bonds is 3. The molecule has 1 N–H and O–H groups in total. The molecule has 2 fully saturated rings. The van der Waals surface area contributed by atoms with Crippen LogP contribution >= 0.6 is 0 Å². The van der Waals surface area contributed by atoms with E-state index in [2.05, 4.69) is 4.72 Å². The number of sulfonamides is 1. The zero-order valence-electron chi connectivity index (χ0n) is 13.7. The van der Waals surface area contributed by atoms with Gasteiger partial charge in [0.1, 0.15) is 0 Å². The van der Waals surface area contributed by atoms with Crippen molar-refractivity contribution in [2.45, 2.75) is 30.6 Å². The van der Waals surface area contributed by atoms with Crippen molar-refractivity contribution in [3.8, 4) is 0 Å². The molecule has 1 aliphatic heterocycles. The molecular weight excluding hydrogens is 344 g/mol. The normalized spacial score (nSPS) is 27.7. The number of benzene rings is 1. The molecule has 0 aromatic heterocycles. The minimum Gasteiger partial charge on any atom is -0.277 e. The molecular formula is C17H18N2O5S. The molecule has 2 saturated carbocycles. The summed E-state index contributed by atoms with van der Waals surface area (Å²) in [6.45, 7) is 0. The van der Waals surface area contributed by atoms with Gasteiger partial charge in [-0.3, -0.25) is 19.3 Å². The Morgan fingerprint density at radius 1 is 1.08 bits per heavy atom. The highest BCUT2D eigenvalue weighted by Gasteiger charge is 2.44. The Balaban J connectivity index is 1.55. The predicted octanol–water partition coefficient (Wildman–Crippen LogP) is 1.15. The van der Waals surface area contributed by atoms with Crippen molar-refractivity contribution in [1.29, 1.82) is 0 Å². The Morgan fingerprint density at radius 3 is 2.52 bits per heavy atom. The van der Waals surface area contributed by atoms with Crippen molar-refractivity contribution in [1.82, 2.24) is 9.62 Å². The summed E-state index contributed by atoms with van der Waals surface area (Å²) in [4.78, 5) is 37.0. The zero-order chi connectivity index (χ0) is 17.9. The smallest absolute Gasteiger partial charge is 0.264 e. The van der Waals surface area contributed by atoms with Crippen LogP contribution in [0.1, 0.15) is 46.4 Å². The quantitative estimate of drug-likeness (QED) is 0.813. The maximum atomic E-state index is 12.5. The van der Waals surface area contributed by atoms with Crippen molar-refractivity contribution in [3.05, 3.63) is 29.3 Å². The summed E-state index contributed by atoms with van der Waals surface area (Å²) < 4.78 is 27.1. The Hall–Kier alpha value is -2.22. The fourth-order valence-corrected chi connectivity index (χ4v) is 4.94. The molecule has 132 valence electrons. The van der Waals surface area contributed by atoms with Crippen molar-refractivity contribution in [2.75, 3.05) is 7.05 Å². The third-order valence-electron chi connectivity index (χ3n) is 5.52. The molecule has 1 aromatic rings. The summed E-state index contributed by atoms with van der Waals surface area (Å²) in [5.41, 5.74) is 0.214. The SMILES string of the molecule is CN1C(=O)c2ccc(S(=O)(=O)NC(=O)C3CCC4CC4C3)cc2C1=O. The molecule has 3 unspecified atom stereocenters. The molecule has 0 radical (unpaired) electrons. The van der Waals surface area contributed by atoms with Crippen LogP contribution in [-0.4, -0.2) is 38.1 Å². The maximum Gasteiger partial charge on any atom is 0.264 e. The molecule has 3 aliphatic rings. The number of carbonyl (C=O) groups excluding carboxylic acids is 3. The van der Waals surface area contributed by atoms with Crippen LogP contribution < -0.4 is 4.72 Å². The number of carbonyl (C=O) groups is 3. The number of hydrogen-bond donors (Lipinski definition) is 1. The highest BCUT2D eigenvalue weighted by atomic mass is 32.2. The van der Waals surface area contributed by atoms with Gasteiger partial charge in [-0.15, -0.1) is 0 Å². The Labute approximate surface area is 145 Å². The summed E-state index contributed by atoms with van der Waals surface area (Å²) in [7, 11) is -2.73. The highest BCUT2D eigenvalue weighted by Crippen LogP contribution is 2.51. The number of imide groups is 1. The number of nitrogens with one attached hydrogen (secondary N) is 1. The second-order valence-electron chi connectivity index (χ2n) is 7.11. The molecule has 8 heteroatoms. The van der Waals surface area contributed by atoms with Crippen LogP contribution in [-0.2, 0) is 14.8 Å². The van der Waals surface area contributed by atoms with Crippen LogP contribution in [0.2, 0.25) is 0 Å². The lowest BCUT2D eigenvalue weighted by atomic mass is 9.89. The number of amides is 3. The van der Waals surface area contributed by atoms with E-state index < -0.39 is 27.7 Å². The number of hydrogen-bond acceptors (Lipinski definition) is 5. The molecule has 25 heavy (non-hydrogen) atoms. The molecule has 4 rings (SSSR count). The fraction of sp³-hybridized carbons (Fsp3) is 0.471. The van der Waals surface area contributed by atoms with E-state index in [1.807, 2.05) is 0 Å². The Kier molecular flexibility index (Phi) is 3.50. The van der Waals surface area contributed by atoms with E-state index in [9.17, 15) is 22.8 Å². The molecule has 3 amide bonds. The summed E-state index contributed by atoms with van der Waals surface area (Å²) in [6.07, 6.45) is 3.58. The second kappa shape index (κ2) is 5.39. The first kappa shape index (κ1) is 16.3. The highest BCUT2D eigenvalue weighted by molar-refractivity contribution is 7.90. The van der Waals surface area contributed by atoms with E-state index >= 15 is 0 Å². The van der Waals surface area contributed by atoms with Gasteiger partial charge < -0.3 is 0 Å². The minimum atomic E-state index is -4.07. The molecule has 0 bridgehead atoms. The van der Waals surface area contributed by atoms with Crippen LogP contribution in [0.15, 0.2) is 23.1 Å². The van der Waals surface area contributed by atoms with Gasteiger partial charge in [0.25, 0.3) is 21.8 Å². The molecule has 0 spiro atoms. The number of fused-ring (bicyclic) bond motifs is 2. The van der Waals surface area contributed by atoms with Gasteiger partial charge in [0.15, 0.2) is 0 Å². The largest absolute Gasteiger partial charge is 0.277 e. The molecule has 0 saturated heterocycles. The summed E-state index contributed by atoms with van der Waals surface area (Å²) in [6, 6.07) is 3.72. The van der Waals surface area contributed by atoms with E-state index in [1.54, 1.807) is 0 Å². The van der Waals surface area contributed by atoms with E-state index in [4.69, 9.17) is 0 Å². The fourth-order valence-electron chi connectivity index (χ4n) is 3.87. The monoisotopic (exact) mass is 362 g/mol. The topological polar surface area (TPSA) is 101 Å². The molecule has 2 aliphatic carbocycles. The molecule has 7 nitrogen and oxygen atoms in total. The zero-order valence-corrected chi connectivity index (χ0v) is 14.5. The van der Waals surface area contributed by atoms with Crippen LogP contribution in [0.5, 0.6) is 0 Å². The predicted molar refractivity (Wildman–Crippen MR) is 87.1 cm³/mol. The van der Waals surface area contributed by atoms with E-state index in [-0.39, 0.29) is 21.9 Å².